The summed E-state index contributed by atoms with van der Waals surface area (Å²) in [6, 6.07) is 5.45. The lowest BCUT2D eigenvalue weighted by atomic mass is 10.1. The zero-order chi connectivity index (χ0) is 19.4. The first kappa shape index (κ1) is 20.1. The van der Waals surface area contributed by atoms with Crippen LogP contribution in [0.15, 0.2) is 18.2 Å². The molecule has 3 rings (SSSR count). The molecule has 1 aromatic carbocycles. The van der Waals surface area contributed by atoms with Crippen molar-refractivity contribution >= 4 is 5.91 Å². The highest BCUT2D eigenvalue weighted by molar-refractivity contribution is 5.81. The van der Waals surface area contributed by atoms with E-state index in [2.05, 4.69) is 9.80 Å². The second-order valence-corrected chi connectivity index (χ2v) is 7.85. The molecule has 1 atom stereocenters. The number of hydrogen-bond donors (Lipinski definition) is 0. The van der Waals surface area contributed by atoms with E-state index in [1.165, 1.54) is 38.9 Å². The highest BCUT2D eigenvalue weighted by atomic mass is 19.1. The Morgan fingerprint density at radius 1 is 1.26 bits per heavy atom. The highest BCUT2D eigenvalue weighted by Crippen LogP contribution is 2.25. The third kappa shape index (κ3) is 4.79. The van der Waals surface area contributed by atoms with Crippen LogP contribution < -0.4 is 4.74 Å². The van der Waals surface area contributed by atoms with E-state index in [0.29, 0.717) is 6.54 Å². The van der Waals surface area contributed by atoms with Crippen molar-refractivity contribution in [3.05, 3.63) is 29.6 Å². The Hall–Kier alpha value is -1.66. The van der Waals surface area contributed by atoms with Crippen LogP contribution >= 0.6 is 0 Å². The molecule has 6 heteroatoms. The molecule has 0 N–H and O–H groups in total. The number of rotatable bonds is 6. The Labute approximate surface area is 162 Å². The van der Waals surface area contributed by atoms with Crippen LogP contribution in [0.2, 0.25) is 0 Å². The monoisotopic (exact) mass is 377 g/mol. The second kappa shape index (κ2) is 9.02. The normalized spacial score (nSPS) is 20.6. The van der Waals surface area contributed by atoms with Crippen LogP contribution in [-0.4, -0.2) is 73.0 Å². The van der Waals surface area contributed by atoms with E-state index in [1.807, 2.05) is 6.92 Å². The predicted octanol–water partition coefficient (Wildman–Crippen LogP) is 2.74. The first-order valence-electron chi connectivity index (χ1n) is 10.0. The van der Waals surface area contributed by atoms with Crippen molar-refractivity contribution in [1.29, 1.82) is 0 Å². The standard InChI is InChI=1S/C21H32FN3O2/c1-16(24-10-12-25(13-11-24)18-6-4-5-7-18)21(26)23(2)15-17-8-9-20(27-3)19(22)14-17/h8-9,14,16,18H,4-7,10-13,15H2,1-3H3. The van der Waals surface area contributed by atoms with Crippen LogP contribution in [0.5, 0.6) is 5.75 Å². The molecule has 1 amide bonds. The number of methoxy groups -OCH3 is 1. The molecule has 0 bridgehead atoms. The summed E-state index contributed by atoms with van der Waals surface area (Å²) in [6.07, 6.45) is 5.37. The van der Waals surface area contributed by atoms with Gasteiger partial charge in [-0.1, -0.05) is 18.9 Å². The van der Waals surface area contributed by atoms with Crippen molar-refractivity contribution in [2.75, 3.05) is 40.3 Å². The minimum atomic E-state index is -0.396. The molecule has 0 spiro atoms. The average Bonchev–Trinajstić information content (AvgIpc) is 3.22. The molecule has 2 aliphatic rings. The fourth-order valence-corrected chi connectivity index (χ4v) is 4.39. The number of carbonyl (C=O) groups is 1. The fraction of sp³-hybridized carbons (Fsp3) is 0.667. The van der Waals surface area contributed by atoms with Gasteiger partial charge in [0.25, 0.3) is 0 Å². The molecule has 1 aromatic rings. The van der Waals surface area contributed by atoms with Crippen molar-refractivity contribution in [3.63, 3.8) is 0 Å². The summed E-state index contributed by atoms with van der Waals surface area (Å²) in [6.45, 7) is 6.36. The van der Waals surface area contributed by atoms with Gasteiger partial charge in [0, 0.05) is 45.8 Å². The molecule has 150 valence electrons. The van der Waals surface area contributed by atoms with E-state index < -0.39 is 5.82 Å². The second-order valence-electron chi connectivity index (χ2n) is 7.85. The fourth-order valence-electron chi connectivity index (χ4n) is 4.39. The quantitative estimate of drug-likeness (QED) is 0.764. The minimum Gasteiger partial charge on any atom is -0.494 e. The van der Waals surface area contributed by atoms with Gasteiger partial charge in [0.05, 0.1) is 13.2 Å². The van der Waals surface area contributed by atoms with Crippen LogP contribution in [0.25, 0.3) is 0 Å². The van der Waals surface area contributed by atoms with E-state index in [1.54, 1.807) is 24.1 Å². The molecule has 1 unspecified atom stereocenters. The maximum Gasteiger partial charge on any atom is 0.239 e. The Morgan fingerprint density at radius 3 is 2.52 bits per heavy atom. The van der Waals surface area contributed by atoms with Gasteiger partial charge in [-0.3, -0.25) is 14.6 Å². The Bertz CT molecular complexity index is 640. The summed E-state index contributed by atoms with van der Waals surface area (Å²) < 4.78 is 18.8. The Kier molecular flexibility index (Phi) is 6.71. The van der Waals surface area contributed by atoms with Crippen LogP contribution in [0.1, 0.15) is 38.2 Å². The van der Waals surface area contributed by atoms with Crippen LogP contribution in [-0.2, 0) is 11.3 Å². The van der Waals surface area contributed by atoms with E-state index >= 15 is 0 Å². The lowest BCUT2D eigenvalue weighted by Crippen LogP contribution is -2.55. The van der Waals surface area contributed by atoms with Gasteiger partial charge in [-0.15, -0.1) is 0 Å². The van der Waals surface area contributed by atoms with E-state index in [4.69, 9.17) is 4.74 Å². The molecular formula is C21H32FN3O2. The number of likely N-dealkylation sites (N-methyl/N-ethyl adjacent to an activating group) is 1. The largest absolute Gasteiger partial charge is 0.494 e. The lowest BCUT2D eigenvalue weighted by Gasteiger charge is -2.40. The minimum absolute atomic E-state index is 0.0838. The van der Waals surface area contributed by atoms with Gasteiger partial charge in [-0.25, -0.2) is 4.39 Å². The topological polar surface area (TPSA) is 36.0 Å². The smallest absolute Gasteiger partial charge is 0.239 e. The zero-order valence-corrected chi connectivity index (χ0v) is 16.8. The number of piperazine rings is 1. The van der Waals surface area contributed by atoms with Gasteiger partial charge in [0.2, 0.25) is 5.91 Å². The Morgan fingerprint density at radius 2 is 1.93 bits per heavy atom. The van der Waals surface area contributed by atoms with Crippen molar-refractivity contribution in [2.45, 2.75) is 51.2 Å². The van der Waals surface area contributed by atoms with E-state index in [0.717, 1.165) is 37.8 Å². The predicted molar refractivity (Wildman–Crippen MR) is 104 cm³/mol. The maximum atomic E-state index is 13.9. The van der Waals surface area contributed by atoms with Crippen molar-refractivity contribution < 1.29 is 13.9 Å². The van der Waals surface area contributed by atoms with E-state index in [9.17, 15) is 9.18 Å². The van der Waals surface area contributed by atoms with Gasteiger partial charge in [0.1, 0.15) is 0 Å². The molecule has 0 aromatic heterocycles. The first-order chi connectivity index (χ1) is 13.0. The maximum absolute atomic E-state index is 13.9. The van der Waals surface area contributed by atoms with Crippen LogP contribution in [0.3, 0.4) is 0 Å². The summed E-state index contributed by atoms with van der Waals surface area (Å²) in [5.74, 6) is -0.0892. The number of hydrogen-bond acceptors (Lipinski definition) is 4. The van der Waals surface area contributed by atoms with Crippen LogP contribution in [0, 0.1) is 5.82 Å². The van der Waals surface area contributed by atoms with Gasteiger partial charge in [0.15, 0.2) is 11.6 Å². The van der Waals surface area contributed by atoms with Gasteiger partial charge < -0.3 is 9.64 Å². The highest BCUT2D eigenvalue weighted by Gasteiger charge is 2.30. The third-order valence-electron chi connectivity index (χ3n) is 6.11. The Balaban J connectivity index is 1.51. The molecule has 27 heavy (non-hydrogen) atoms. The molecule has 1 aliphatic heterocycles. The number of nitrogens with zero attached hydrogens (tertiary/aromatic N) is 3. The molecule has 1 saturated carbocycles. The summed E-state index contributed by atoms with van der Waals surface area (Å²) in [5, 5.41) is 0. The molecule has 2 fully saturated rings. The third-order valence-corrected chi connectivity index (χ3v) is 6.11. The number of benzene rings is 1. The molecule has 0 radical (unpaired) electrons. The summed E-state index contributed by atoms with van der Waals surface area (Å²) >= 11 is 0. The molecule has 1 saturated heterocycles. The lowest BCUT2D eigenvalue weighted by molar-refractivity contribution is -0.136. The molecular weight excluding hydrogens is 345 g/mol. The number of amides is 1. The van der Waals surface area contributed by atoms with Crippen molar-refractivity contribution in [2.24, 2.45) is 0 Å². The first-order valence-corrected chi connectivity index (χ1v) is 10.0. The number of ether oxygens (including phenoxy) is 1. The van der Waals surface area contributed by atoms with Gasteiger partial charge >= 0.3 is 0 Å². The average molecular weight is 378 g/mol. The summed E-state index contributed by atoms with van der Waals surface area (Å²) in [4.78, 5) is 19.4. The molecule has 5 nitrogen and oxygen atoms in total. The van der Waals surface area contributed by atoms with Crippen molar-refractivity contribution in [3.8, 4) is 5.75 Å². The van der Waals surface area contributed by atoms with Crippen LogP contribution in [0.4, 0.5) is 4.39 Å². The summed E-state index contributed by atoms with van der Waals surface area (Å²) in [5.41, 5.74) is 0.766. The molecule has 1 heterocycles. The van der Waals surface area contributed by atoms with Gasteiger partial charge in [-0.05, 0) is 37.5 Å². The number of halogens is 1. The summed E-state index contributed by atoms with van der Waals surface area (Å²) in [7, 11) is 3.23. The molecule has 1 aliphatic carbocycles. The SMILES string of the molecule is COc1ccc(CN(C)C(=O)C(C)N2CCN(C3CCCC3)CC2)cc1F. The van der Waals surface area contributed by atoms with Gasteiger partial charge in [-0.2, -0.15) is 0 Å². The number of carbonyl (C=O) groups excluding carboxylic acids is 1. The van der Waals surface area contributed by atoms with E-state index in [-0.39, 0.29) is 17.7 Å². The zero-order valence-electron chi connectivity index (χ0n) is 16.8. The van der Waals surface area contributed by atoms with Crippen molar-refractivity contribution in [1.82, 2.24) is 14.7 Å².